The molecule has 0 amide bonds. The summed E-state index contributed by atoms with van der Waals surface area (Å²) in [7, 11) is 1.80. The third-order valence-electron chi connectivity index (χ3n) is 3.11. The minimum Gasteiger partial charge on any atom is -0.313 e. The molecule has 2 rings (SSSR count). The van der Waals surface area contributed by atoms with E-state index in [1.54, 1.807) is 25.2 Å². The number of hydrogen-bond donors (Lipinski definition) is 1. The standard InChI is InChI=1S/C15H13BrClF2N/c1-20-15(11-8-10(18)3-4-12(11)16)7-9-2-5-14(19)13(17)6-9/h2-6,8,15,20H,7H2,1H3. The predicted octanol–water partition coefficient (Wildman–Crippen LogP) is 4.88. The van der Waals surface area contributed by atoms with Gasteiger partial charge in [-0.25, -0.2) is 8.78 Å². The number of likely N-dealkylation sites (N-methyl/N-ethyl adjacent to an activating group) is 1. The summed E-state index contributed by atoms with van der Waals surface area (Å²) in [5.41, 5.74) is 1.69. The molecule has 1 N–H and O–H groups in total. The zero-order valence-corrected chi connectivity index (χ0v) is 13.1. The van der Waals surface area contributed by atoms with Gasteiger partial charge < -0.3 is 5.32 Å². The lowest BCUT2D eigenvalue weighted by molar-refractivity contribution is 0.573. The van der Waals surface area contributed by atoms with Crippen LogP contribution in [0.5, 0.6) is 0 Å². The van der Waals surface area contributed by atoms with E-state index >= 15 is 0 Å². The summed E-state index contributed by atoms with van der Waals surface area (Å²) in [6.07, 6.45) is 0.582. The molecule has 0 spiro atoms. The van der Waals surface area contributed by atoms with Gasteiger partial charge in [-0.15, -0.1) is 0 Å². The Morgan fingerprint density at radius 3 is 2.60 bits per heavy atom. The molecule has 0 bridgehead atoms. The molecular formula is C15H13BrClF2N. The van der Waals surface area contributed by atoms with Crippen LogP contribution in [0.15, 0.2) is 40.9 Å². The highest BCUT2D eigenvalue weighted by Gasteiger charge is 2.15. The van der Waals surface area contributed by atoms with Gasteiger partial charge in [0.15, 0.2) is 0 Å². The molecule has 0 aliphatic rings. The molecule has 0 aliphatic heterocycles. The molecule has 2 aromatic rings. The summed E-state index contributed by atoms with van der Waals surface area (Å²) in [5, 5.41) is 3.23. The lowest BCUT2D eigenvalue weighted by atomic mass is 9.99. The van der Waals surface area contributed by atoms with Crippen molar-refractivity contribution in [1.29, 1.82) is 0 Å². The Kier molecular flexibility index (Phi) is 5.13. The number of rotatable bonds is 4. The van der Waals surface area contributed by atoms with E-state index in [0.717, 1.165) is 15.6 Å². The molecule has 1 atom stereocenters. The largest absolute Gasteiger partial charge is 0.313 e. The quantitative estimate of drug-likeness (QED) is 0.819. The molecule has 0 saturated carbocycles. The number of halogens is 4. The maximum atomic E-state index is 13.4. The molecule has 2 aromatic carbocycles. The molecule has 0 fully saturated rings. The van der Waals surface area contributed by atoms with E-state index in [1.165, 1.54) is 18.2 Å². The highest BCUT2D eigenvalue weighted by Crippen LogP contribution is 2.28. The second-order valence-electron chi connectivity index (χ2n) is 4.46. The Bertz CT molecular complexity index is 619. The SMILES string of the molecule is CNC(Cc1ccc(F)c(Cl)c1)c1cc(F)ccc1Br. The van der Waals surface area contributed by atoms with Crippen molar-refractivity contribution >= 4 is 27.5 Å². The van der Waals surface area contributed by atoms with Gasteiger partial charge in [0, 0.05) is 10.5 Å². The fourth-order valence-corrected chi connectivity index (χ4v) is 2.78. The Morgan fingerprint density at radius 2 is 1.95 bits per heavy atom. The molecule has 0 aromatic heterocycles. The van der Waals surface area contributed by atoms with Crippen molar-refractivity contribution in [3.8, 4) is 0 Å². The molecule has 5 heteroatoms. The zero-order valence-electron chi connectivity index (χ0n) is 10.8. The van der Waals surface area contributed by atoms with Gasteiger partial charge in [0.2, 0.25) is 0 Å². The van der Waals surface area contributed by atoms with Crippen molar-refractivity contribution in [2.75, 3.05) is 7.05 Å². The molecule has 0 radical (unpaired) electrons. The van der Waals surface area contributed by atoms with Crippen molar-refractivity contribution in [1.82, 2.24) is 5.32 Å². The second kappa shape index (κ2) is 6.66. The van der Waals surface area contributed by atoms with Gasteiger partial charge in [0.1, 0.15) is 11.6 Å². The van der Waals surface area contributed by atoms with Crippen molar-refractivity contribution in [2.45, 2.75) is 12.5 Å². The fraction of sp³-hybridized carbons (Fsp3) is 0.200. The number of nitrogens with one attached hydrogen (secondary N) is 1. The minimum atomic E-state index is -0.441. The Labute approximate surface area is 130 Å². The van der Waals surface area contributed by atoms with Gasteiger partial charge in [-0.3, -0.25) is 0 Å². The van der Waals surface area contributed by atoms with Gasteiger partial charge in [0.25, 0.3) is 0 Å². The van der Waals surface area contributed by atoms with Crippen molar-refractivity contribution < 1.29 is 8.78 Å². The summed E-state index contributed by atoms with van der Waals surface area (Å²) in [5.74, 6) is -0.732. The molecule has 1 unspecified atom stereocenters. The van der Waals surface area contributed by atoms with Crippen molar-refractivity contribution in [3.63, 3.8) is 0 Å². The monoisotopic (exact) mass is 359 g/mol. The molecule has 1 nitrogen and oxygen atoms in total. The zero-order chi connectivity index (χ0) is 14.7. The van der Waals surface area contributed by atoms with Crippen LogP contribution in [0.2, 0.25) is 5.02 Å². The molecular weight excluding hydrogens is 348 g/mol. The highest BCUT2D eigenvalue weighted by molar-refractivity contribution is 9.10. The van der Waals surface area contributed by atoms with Crippen LogP contribution in [0.1, 0.15) is 17.2 Å². The maximum Gasteiger partial charge on any atom is 0.141 e. The van der Waals surface area contributed by atoms with E-state index in [0.29, 0.717) is 6.42 Å². The van der Waals surface area contributed by atoms with Gasteiger partial charge >= 0.3 is 0 Å². The van der Waals surface area contributed by atoms with Crippen LogP contribution >= 0.6 is 27.5 Å². The van der Waals surface area contributed by atoms with Crippen LogP contribution in [0.25, 0.3) is 0 Å². The number of benzene rings is 2. The normalized spacial score (nSPS) is 12.4. The van der Waals surface area contributed by atoms with Crippen molar-refractivity contribution in [2.24, 2.45) is 0 Å². The first-order chi connectivity index (χ1) is 9.51. The van der Waals surface area contributed by atoms with E-state index in [2.05, 4.69) is 21.2 Å². The van der Waals surface area contributed by atoms with Crippen LogP contribution in [-0.4, -0.2) is 7.05 Å². The molecule has 106 valence electrons. The van der Waals surface area contributed by atoms with E-state index in [4.69, 9.17) is 11.6 Å². The van der Waals surface area contributed by atoms with Crippen LogP contribution in [-0.2, 0) is 6.42 Å². The van der Waals surface area contributed by atoms with Crippen LogP contribution in [0.3, 0.4) is 0 Å². The first-order valence-electron chi connectivity index (χ1n) is 6.07. The fourth-order valence-electron chi connectivity index (χ4n) is 2.05. The minimum absolute atomic E-state index is 0.0932. The first kappa shape index (κ1) is 15.4. The molecule has 0 saturated heterocycles. The highest BCUT2D eigenvalue weighted by atomic mass is 79.9. The first-order valence-corrected chi connectivity index (χ1v) is 7.24. The van der Waals surface area contributed by atoms with E-state index in [-0.39, 0.29) is 16.9 Å². The van der Waals surface area contributed by atoms with E-state index in [1.807, 2.05) is 0 Å². The van der Waals surface area contributed by atoms with Crippen LogP contribution in [0.4, 0.5) is 8.78 Å². The van der Waals surface area contributed by atoms with E-state index in [9.17, 15) is 8.78 Å². The smallest absolute Gasteiger partial charge is 0.141 e. The second-order valence-corrected chi connectivity index (χ2v) is 5.72. The van der Waals surface area contributed by atoms with Crippen LogP contribution in [0, 0.1) is 11.6 Å². The van der Waals surface area contributed by atoms with Crippen LogP contribution < -0.4 is 5.32 Å². The van der Waals surface area contributed by atoms with Gasteiger partial charge in [-0.1, -0.05) is 33.6 Å². The average Bonchev–Trinajstić information content (AvgIpc) is 2.43. The Hall–Kier alpha value is -0.970. The number of hydrogen-bond acceptors (Lipinski definition) is 1. The Balaban J connectivity index is 2.28. The summed E-state index contributed by atoms with van der Waals surface area (Å²) in [4.78, 5) is 0. The van der Waals surface area contributed by atoms with Gasteiger partial charge in [-0.05, 0) is 54.9 Å². The molecule has 20 heavy (non-hydrogen) atoms. The van der Waals surface area contributed by atoms with E-state index < -0.39 is 5.82 Å². The lowest BCUT2D eigenvalue weighted by Gasteiger charge is -2.18. The summed E-state index contributed by atoms with van der Waals surface area (Å²) < 4.78 is 27.4. The predicted molar refractivity (Wildman–Crippen MR) is 81.0 cm³/mol. The summed E-state index contributed by atoms with van der Waals surface area (Å²) in [6, 6.07) is 9.07. The average molecular weight is 361 g/mol. The van der Waals surface area contributed by atoms with Gasteiger partial charge in [0.05, 0.1) is 5.02 Å². The molecule has 0 heterocycles. The topological polar surface area (TPSA) is 12.0 Å². The Morgan fingerprint density at radius 1 is 1.20 bits per heavy atom. The van der Waals surface area contributed by atoms with Crippen molar-refractivity contribution in [3.05, 3.63) is 68.7 Å². The molecule has 0 aliphatic carbocycles. The summed E-state index contributed by atoms with van der Waals surface area (Å²) in [6.45, 7) is 0. The van der Waals surface area contributed by atoms with Gasteiger partial charge in [-0.2, -0.15) is 0 Å². The lowest BCUT2D eigenvalue weighted by Crippen LogP contribution is -2.19. The third kappa shape index (κ3) is 3.57. The third-order valence-corrected chi connectivity index (χ3v) is 4.12. The maximum absolute atomic E-state index is 13.4. The summed E-state index contributed by atoms with van der Waals surface area (Å²) >= 11 is 9.20.